The van der Waals surface area contributed by atoms with Gasteiger partial charge in [-0.05, 0) is 54.2 Å². The van der Waals surface area contributed by atoms with Crippen molar-refractivity contribution < 1.29 is 19.1 Å². The number of aromatic nitrogens is 1. The minimum Gasteiger partial charge on any atom is -0.458 e. The highest BCUT2D eigenvalue weighted by molar-refractivity contribution is 6.50. The largest absolute Gasteiger partial charge is 0.458 e. The first-order valence-electron chi connectivity index (χ1n) is 11.8. The van der Waals surface area contributed by atoms with Crippen LogP contribution in [0.5, 0.6) is 0 Å². The fourth-order valence-corrected chi connectivity index (χ4v) is 4.31. The number of amides is 1. The van der Waals surface area contributed by atoms with Crippen LogP contribution < -0.4 is 10.9 Å². The zero-order valence-corrected chi connectivity index (χ0v) is 20.6. The quantitative estimate of drug-likeness (QED) is 0.414. The molecule has 1 N–H and O–H groups in total. The number of rotatable bonds is 7. The van der Waals surface area contributed by atoms with Crippen LogP contribution >= 0.6 is 0 Å². The number of hydrogen-bond acceptors (Lipinski definition) is 5. The smallest absolute Gasteiger partial charge is 0.407 e. The average molecular weight is 469 g/mol. The van der Waals surface area contributed by atoms with Gasteiger partial charge in [-0.1, -0.05) is 67.5 Å². The van der Waals surface area contributed by atoms with Crippen LogP contribution in [0.15, 0.2) is 66.9 Å². The standard InChI is InChI=1S/C28H30BN2O4/c1-28(2,3)35-26(32)24(15-18-13-14-25(29-4)30-16-18)31-27(33)34-17-23-21-11-7-5-9-19(21)20-10-6-8-12-22(20)23/h5-14,16,23-24H,15,17H2,1-4H3,(H,31,33)/t24-/m0/s1. The Bertz CT molecular complexity index is 1160. The predicted octanol–water partition coefficient (Wildman–Crippen LogP) is 4.25. The molecule has 0 saturated carbocycles. The summed E-state index contributed by atoms with van der Waals surface area (Å²) in [4.78, 5) is 30.1. The molecule has 7 heteroatoms. The molecule has 4 rings (SSSR count). The lowest BCUT2D eigenvalue weighted by Crippen LogP contribution is -2.46. The predicted molar refractivity (Wildman–Crippen MR) is 137 cm³/mol. The highest BCUT2D eigenvalue weighted by Gasteiger charge is 2.31. The number of benzene rings is 2. The summed E-state index contributed by atoms with van der Waals surface area (Å²) in [5.74, 6) is -0.577. The number of nitrogens with zero attached hydrogens (tertiary/aromatic N) is 1. The minimum absolute atomic E-state index is 0.0600. The lowest BCUT2D eigenvalue weighted by molar-refractivity contribution is -0.157. The molecule has 0 spiro atoms. The van der Waals surface area contributed by atoms with Gasteiger partial charge in [0, 0.05) is 18.5 Å². The van der Waals surface area contributed by atoms with Gasteiger partial charge in [0.2, 0.25) is 0 Å². The van der Waals surface area contributed by atoms with Crippen LogP contribution in [0.1, 0.15) is 43.4 Å². The molecule has 0 aliphatic heterocycles. The van der Waals surface area contributed by atoms with Crippen molar-refractivity contribution in [3.8, 4) is 11.1 Å². The van der Waals surface area contributed by atoms with Crippen molar-refractivity contribution >= 4 is 24.9 Å². The maximum Gasteiger partial charge on any atom is 0.407 e. The lowest BCUT2D eigenvalue weighted by Gasteiger charge is -2.25. The van der Waals surface area contributed by atoms with Crippen LogP contribution in [-0.4, -0.2) is 42.6 Å². The molecule has 1 radical (unpaired) electrons. The van der Waals surface area contributed by atoms with E-state index in [1.165, 1.54) is 0 Å². The van der Waals surface area contributed by atoms with Crippen LogP contribution in [0.2, 0.25) is 6.82 Å². The summed E-state index contributed by atoms with van der Waals surface area (Å²) in [5.41, 5.74) is 5.54. The lowest BCUT2D eigenvalue weighted by atomic mass is 9.77. The number of hydrogen-bond donors (Lipinski definition) is 1. The van der Waals surface area contributed by atoms with Crippen LogP contribution in [0.3, 0.4) is 0 Å². The topological polar surface area (TPSA) is 77.5 Å². The highest BCUT2D eigenvalue weighted by Crippen LogP contribution is 2.44. The maximum absolute atomic E-state index is 12.9. The van der Waals surface area contributed by atoms with E-state index in [2.05, 4.69) is 34.6 Å². The Morgan fingerprint density at radius 2 is 1.63 bits per heavy atom. The molecule has 6 nitrogen and oxygen atoms in total. The molecule has 0 bridgehead atoms. The summed E-state index contributed by atoms with van der Waals surface area (Å²) in [5, 5.41) is 2.72. The molecule has 179 valence electrons. The maximum atomic E-state index is 12.9. The Balaban J connectivity index is 1.46. The summed E-state index contributed by atoms with van der Waals surface area (Å²) in [7, 11) is 1.89. The molecule has 1 aliphatic carbocycles. The third kappa shape index (κ3) is 5.91. The monoisotopic (exact) mass is 469 g/mol. The Morgan fingerprint density at radius 3 is 2.17 bits per heavy atom. The molecule has 1 aromatic heterocycles. The number of esters is 1. The fraction of sp³-hybridized carbons (Fsp3) is 0.321. The molecule has 3 aromatic rings. The van der Waals surface area contributed by atoms with E-state index in [4.69, 9.17) is 9.47 Å². The molecule has 1 amide bonds. The average Bonchev–Trinajstić information content (AvgIpc) is 3.15. The van der Waals surface area contributed by atoms with Crippen molar-refractivity contribution in [2.75, 3.05) is 6.61 Å². The minimum atomic E-state index is -0.900. The summed E-state index contributed by atoms with van der Waals surface area (Å²) < 4.78 is 11.2. The normalized spacial score (nSPS) is 13.4. The number of fused-ring (bicyclic) bond motifs is 3. The van der Waals surface area contributed by atoms with E-state index in [0.717, 1.165) is 33.4 Å². The van der Waals surface area contributed by atoms with Crippen molar-refractivity contribution in [3.05, 3.63) is 83.6 Å². The summed E-state index contributed by atoms with van der Waals surface area (Å²) in [6.45, 7) is 7.46. The van der Waals surface area contributed by atoms with Crippen LogP contribution in [0.25, 0.3) is 11.1 Å². The van der Waals surface area contributed by atoms with E-state index >= 15 is 0 Å². The van der Waals surface area contributed by atoms with Crippen molar-refractivity contribution in [2.45, 2.75) is 51.6 Å². The summed E-state index contributed by atoms with van der Waals surface area (Å²) in [6, 6.07) is 19.2. The molecule has 2 aromatic carbocycles. The van der Waals surface area contributed by atoms with E-state index in [1.54, 1.807) is 27.0 Å². The Labute approximate surface area is 207 Å². The summed E-state index contributed by atoms with van der Waals surface area (Å²) in [6.07, 6.45) is 1.29. The third-order valence-electron chi connectivity index (χ3n) is 5.91. The number of pyridine rings is 1. The highest BCUT2D eigenvalue weighted by atomic mass is 16.6. The first kappa shape index (κ1) is 24.5. The molecule has 1 atom stereocenters. The second-order valence-corrected chi connectivity index (χ2v) is 9.64. The number of alkyl carbamates (subject to hydrolysis) is 1. The van der Waals surface area contributed by atoms with Crippen molar-refractivity contribution in [1.82, 2.24) is 10.3 Å². The molecule has 1 aliphatic rings. The van der Waals surface area contributed by atoms with Crippen molar-refractivity contribution in [2.24, 2.45) is 0 Å². The Hall–Kier alpha value is -3.61. The first-order chi connectivity index (χ1) is 16.7. The number of ether oxygens (including phenoxy) is 2. The Kier molecular flexibility index (Phi) is 7.24. The number of carbonyl (C=O) groups is 2. The molecule has 0 fully saturated rings. The van der Waals surface area contributed by atoms with Gasteiger partial charge in [0.15, 0.2) is 7.28 Å². The zero-order valence-electron chi connectivity index (χ0n) is 20.6. The van der Waals surface area contributed by atoms with Gasteiger partial charge >= 0.3 is 12.1 Å². The van der Waals surface area contributed by atoms with Crippen LogP contribution in [-0.2, 0) is 20.7 Å². The molecule has 0 saturated heterocycles. The second kappa shape index (κ2) is 10.3. The van der Waals surface area contributed by atoms with Crippen molar-refractivity contribution in [1.29, 1.82) is 0 Å². The first-order valence-corrected chi connectivity index (χ1v) is 11.8. The molecular formula is C28H30BN2O4. The van der Waals surface area contributed by atoms with Crippen LogP contribution in [0.4, 0.5) is 4.79 Å². The number of nitrogens with one attached hydrogen (secondary N) is 1. The van der Waals surface area contributed by atoms with Gasteiger partial charge in [-0.15, -0.1) is 0 Å². The van der Waals surface area contributed by atoms with Crippen molar-refractivity contribution in [3.63, 3.8) is 0 Å². The number of carbonyl (C=O) groups excluding carboxylic acids is 2. The van der Waals surface area contributed by atoms with Crippen LogP contribution in [0, 0.1) is 0 Å². The molecule has 0 unspecified atom stereocenters. The van der Waals surface area contributed by atoms with Gasteiger partial charge in [0.25, 0.3) is 0 Å². The SMILES string of the molecule is C[B]c1ccc(C[C@H](NC(=O)OCC2c3ccccc3-c3ccccc32)C(=O)OC(C)(C)C)cn1. The van der Waals surface area contributed by atoms with Gasteiger partial charge in [-0.25, -0.2) is 9.59 Å². The van der Waals surface area contributed by atoms with Gasteiger partial charge < -0.3 is 14.8 Å². The van der Waals surface area contributed by atoms with Gasteiger partial charge in [-0.3, -0.25) is 4.98 Å². The molecule has 35 heavy (non-hydrogen) atoms. The van der Waals surface area contributed by atoms with E-state index < -0.39 is 23.7 Å². The molecule has 1 heterocycles. The van der Waals surface area contributed by atoms with E-state index in [0.29, 0.717) is 0 Å². The zero-order chi connectivity index (χ0) is 25.0. The second-order valence-electron chi connectivity index (χ2n) is 9.64. The fourth-order valence-electron chi connectivity index (χ4n) is 4.31. The third-order valence-corrected chi connectivity index (χ3v) is 5.91. The molecular weight excluding hydrogens is 439 g/mol. The van der Waals surface area contributed by atoms with Gasteiger partial charge in [-0.2, -0.15) is 0 Å². The van der Waals surface area contributed by atoms with E-state index in [9.17, 15) is 9.59 Å². The Morgan fingerprint density at radius 1 is 1.00 bits per heavy atom. The van der Waals surface area contributed by atoms with E-state index in [1.807, 2.05) is 50.5 Å². The van der Waals surface area contributed by atoms with Gasteiger partial charge in [0.1, 0.15) is 18.2 Å². The van der Waals surface area contributed by atoms with Gasteiger partial charge in [0.05, 0.1) is 0 Å². The summed E-state index contributed by atoms with van der Waals surface area (Å²) >= 11 is 0. The van der Waals surface area contributed by atoms with E-state index in [-0.39, 0.29) is 18.9 Å².